The normalized spacial score (nSPS) is 13.3. The quantitative estimate of drug-likeness (QED) is 0.569. The molecule has 0 saturated heterocycles. The highest BCUT2D eigenvalue weighted by Crippen LogP contribution is 2.30. The Hall–Kier alpha value is -1.52. The van der Waals surface area contributed by atoms with E-state index in [1.807, 2.05) is 0 Å². The van der Waals surface area contributed by atoms with E-state index in [1.165, 1.54) is 18.2 Å². The van der Waals surface area contributed by atoms with Gasteiger partial charge in [-0.2, -0.15) is 0 Å². The van der Waals surface area contributed by atoms with E-state index in [0.717, 1.165) is 6.07 Å². The number of hydrogen-bond acceptors (Lipinski definition) is 1. The average molecular weight is 233 g/mol. The van der Waals surface area contributed by atoms with E-state index in [4.69, 9.17) is 0 Å². The molecule has 1 unspecified atom stereocenters. The molecular weight excluding hydrogens is 224 g/mol. The van der Waals surface area contributed by atoms with Gasteiger partial charge in [0.15, 0.2) is 11.6 Å². The summed E-state index contributed by atoms with van der Waals surface area (Å²) in [5, 5.41) is 0. The third-order valence-electron chi connectivity index (χ3n) is 1.90. The van der Waals surface area contributed by atoms with E-state index in [0.29, 0.717) is 0 Å². The number of allylic oxidation sites excluding steroid dienone is 1. The van der Waals surface area contributed by atoms with Crippen LogP contribution < -0.4 is 4.74 Å². The van der Waals surface area contributed by atoms with Gasteiger partial charge in [-0.15, -0.1) is 19.8 Å². The number of ether oxygens (including phenoxy) is 1. The summed E-state index contributed by atoms with van der Waals surface area (Å²) >= 11 is 0. The zero-order chi connectivity index (χ0) is 12.3. The number of halogens is 4. The van der Waals surface area contributed by atoms with Crippen LogP contribution in [0.5, 0.6) is 5.75 Å². The van der Waals surface area contributed by atoms with Crippen molar-refractivity contribution in [2.45, 2.75) is 12.3 Å². The first-order chi connectivity index (χ1) is 7.35. The molecule has 0 amide bonds. The summed E-state index contributed by atoms with van der Waals surface area (Å²) in [5.74, 6) is -2.56. The van der Waals surface area contributed by atoms with Gasteiger partial charge < -0.3 is 4.74 Å². The van der Waals surface area contributed by atoms with Gasteiger partial charge in [0.2, 0.25) is 0 Å². The Bertz CT molecular complexity index is 384. The fraction of sp³-hybridized carbons (Fsp3) is 0.182. The molecule has 0 aliphatic rings. The van der Waals surface area contributed by atoms with Gasteiger partial charge in [-0.25, -0.2) is 4.39 Å². The monoisotopic (exact) mass is 233 g/mol. The summed E-state index contributed by atoms with van der Waals surface area (Å²) in [6.07, 6.45) is -3.58. The van der Waals surface area contributed by atoms with Crippen molar-refractivity contribution in [1.29, 1.82) is 0 Å². The van der Waals surface area contributed by atoms with Gasteiger partial charge in [0.1, 0.15) is 0 Å². The molecule has 1 aromatic carbocycles. The molecule has 0 bridgehead atoms. The summed E-state index contributed by atoms with van der Waals surface area (Å²) in [6.45, 7) is 6.92. The lowest BCUT2D eigenvalue weighted by Crippen LogP contribution is -2.18. The van der Waals surface area contributed by atoms with Crippen molar-refractivity contribution in [3.8, 4) is 5.75 Å². The highest BCUT2D eigenvalue weighted by molar-refractivity contribution is 5.35. The predicted octanol–water partition coefficient (Wildman–Crippen LogP) is 3.83. The molecule has 0 fully saturated rings. The van der Waals surface area contributed by atoms with Crippen molar-refractivity contribution >= 4 is 0 Å². The van der Waals surface area contributed by atoms with Gasteiger partial charge in [0, 0.05) is 5.92 Å². The molecule has 16 heavy (non-hydrogen) atoms. The second-order valence-electron chi connectivity index (χ2n) is 3.05. The molecule has 87 valence electrons. The Morgan fingerprint density at radius 3 is 2.44 bits per heavy atom. The first-order valence-corrected chi connectivity index (χ1v) is 4.35. The van der Waals surface area contributed by atoms with E-state index in [-0.39, 0.29) is 5.56 Å². The third kappa shape index (κ3) is 2.98. The Morgan fingerprint density at radius 2 is 1.94 bits per heavy atom. The van der Waals surface area contributed by atoms with Gasteiger partial charge in [-0.1, -0.05) is 18.2 Å². The number of hydrogen-bond donors (Lipinski definition) is 0. The molecule has 0 saturated carbocycles. The van der Waals surface area contributed by atoms with Crippen molar-refractivity contribution in [1.82, 2.24) is 0 Å². The molecule has 1 aromatic rings. The molecule has 1 atom stereocenters. The summed E-state index contributed by atoms with van der Waals surface area (Å²) < 4.78 is 52.8. The van der Waals surface area contributed by atoms with Crippen molar-refractivity contribution in [3.63, 3.8) is 0 Å². The van der Waals surface area contributed by atoms with Crippen LogP contribution in [-0.2, 0) is 0 Å². The van der Waals surface area contributed by atoms with E-state index in [9.17, 15) is 17.6 Å². The standard InChI is InChI=1S/C11H9F4O/c1-3-7(2)8-5-4-6-9(10(8)12)16-11(13,14)15/h3-7H,1-2H2. The van der Waals surface area contributed by atoms with Gasteiger partial charge >= 0.3 is 6.36 Å². The van der Waals surface area contributed by atoms with Gasteiger partial charge in [-0.05, 0) is 18.6 Å². The summed E-state index contributed by atoms with van der Waals surface area (Å²) in [6, 6.07) is 3.50. The smallest absolute Gasteiger partial charge is 0.403 e. The Kier molecular flexibility index (Phi) is 3.57. The maximum Gasteiger partial charge on any atom is 0.573 e. The highest BCUT2D eigenvalue weighted by atomic mass is 19.4. The van der Waals surface area contributed by atoms with Crippen molar-refractivity contribution < 1.29 is 22.3 Å². The molecule has 0 aromatic heterocycles. The van der Waals surface area contributed by atoms with Crippen LogP contribution in [0.25, 0.3) is 0 Å². The highest BCUT2D eigenvalue weighted by Gasteiger charge is 2.32. The largest absolute Gasteiger partial charge is 0.573 e. The molecule has 1 rings (SSSR count). The van der Waals surface area contributed by atoms with Gasteiger partial charge in [0.25, 0.3) is 0 Å². The molecule has 5 heteroatoms. The molecule has 0 aliphatic carbocycles. The van der Waals surface area contributed by atoms with E-state index in [1.54, 1.807) is 0 Å². The van der Waals surface area contributed by atoms with Crippen LogP contribution in [0.3, 0.4) is 0 Å². The number of benzene rings is 1. The van der Waals surface area contributed by atoms with Crippen molar-refractivity contribution in [2.75, 3.05) is 0 Å². The third-order valence-corrected chi connectivity index (χ3v) is 1.90. The fourth-order valence-electron chi connectivity index (χ4n) is 1.14. The minimum Gasteiger partial charge on any atom is -0.403 e. The molecule has 0 heterocycles. The van der Waals surface area contributed by atoms with E-state index < -0.39 is 23.8 Å². The van der Waals surface area contributed by atoms with E-state index in [2.05, 4.69) is 18.2 Å². The van der Waals surface area contributed by atoms with Crippen LogP contribution >= 0.6 is 0 Å². The van der Waals surface area contributed by atoms with Crippen molar-refractivity contribution in [2.24, 2.45) is 0 Å². The SMILES string of the molecule is [CH2]C(C=C)c1cccc(OC(F)(F)F)c1F. The van der Waals surface area contributed by atoms with E-state index >= 15 is 0 Å². The molecule has 1 nitrogen and oxygen atoms in total. The molecule has 0 aliphatic heterocycles. The molecule has 0 N–H and O–H groups in total. The summed E-state index contributed by atoms with van der Waals surface area (Å²) in [5.41, 5.74) is 0.0109. The predicted molar refractivity (Wildman–Crippen MR) is 51.4 cm³/mol. The van der Waals surface area contributed by atoms with Crippen LogP contribution in [0, 0.1) is 12.7 Å². The molecule has 0 spiro atoms. The summed E-state index contributed by atoms with van der Waals surface area (Å²) in [7, 11) is 0. The second-order valence-corrected chi connectivity index (χ2v) is 3.05. The average Bonchev–Trinajstić information content (AvgIpc) is 2.18. The first-order valence-electron chi connectivity index (χ1n) is 4.35. The van der Waals surface area contributed by atoms with Gasteiger partial charge in [0.05, 0.1) is 0 Å². The Balaban J connectivity index is 3.09. The van der Waals surface area contributed by atoms with Gasteiger partial charge in [-0.3, -0.25) is 0 Å². The second kappa shape index (κ2) is 4.55. The maximum atomic E-state index is 13.5. The van der Waals surface area contributed by atoms with Crippen LogP contribution in [0.4, 0.5) is 17.6 Å². The topological polar surface area (TPSA) is 9.23 Å². The zero-order valence-electron chi connectivity index (χ0n) is 8.22. The first kappa shape index (κ1) is 12.5. The number of rotatable bonds is 3. The van der Waals surface area contributed by atoms with Crippen LogP contribution in [0.15, 0.2) is 30.9 Å². The van der Waals surface area contributed by atoms with Crippen LogP contribution in [0.2, 0.25) is 0 Å². The fourth-order valence-corrected chi connectivity index (χ4v) is 1.14. The van der Waals surface area contributed by atoms with Crippen LogP contribution in [-0.4, -0.2) is 6.36 Å². The molecular formula is C11H9F4O. The summed E-state index contributed by atoms with van der Waals surface area (Å²) in [4.78, 5) is 0. The lowest BCUT2D eigenvalue weighted by atomic mass is 10.0. The Labute approximate surface area is 90.3 Å². The minimum atomic E-state index is -4.91. The molecule has 1 radical (unpaired) electrons. The van der Waals surface area contributed by atoms with Crippen molar-refractivity contribution in [3.05, 3.63) is 49.2 Å². The zero-order valence-corrected chi connectivity index (χ0v) is 8.22. The van der Waals surface area contributed by atoms with Crippen LogP contribution in [0.1, 0.15) is 11.5 Å². The maximum absolute atomic E-state index is 13.5. The lowest BCUT2D eigenvalue weighted by molar-refractivity contribution is -0.275. The lowest BCUT2D eigenvalue weighted by Gasteiger charge is -2.13. The Morgan fingerprint density at radius 1 is 1.31 bits per heavy atom. The number of alkyl halides is 3. The minimum absolute atomic E-state index is 0.0109.